The van der Waals surface area contributed by atoms with Crippen molar-refractivity contribution >= 4 is 23.2 Å². The first-order valence-corrected chi connectivity index (χ1v) is 9.47. The number of carbonyl (C=O) groups is 1. The monoisotopic (exact) mass is 388 g/mol. The molecule has 5 nitrogen and oxygen atoms in total. The van der Waals surface area contributed by atoms with Crippen molar-refractivity contribution in [2.24, 2.45) is 0 Å². The summed E-state index contributed by atoms with van der Waals surface area (Å²) < 4.78 is 10.7. The molecule has 1 aliphatic heterocycles. The fourth-order valence-electron chi connectivity index (χ4n) is 3.30. The Morgan fingerprint density at radius 3 is 2.26 bits per heavy atom. The van der Waals surface area contributed by atoms with E-state index in [9.17, 15) is 4.79 Å². The summed E-state index contributed by atoms with van der Waals surface area (Å²) in [6.45, 7) is 3.08. The minimum Gasteiger partial charge on any atom is -0.493 e. The maximum Gasteiger partial charge on any atom is 0.223 e. The van der Waals surface area contributed by atoms with Crippen molar-refractivity contribution in [1.29, 1.82) is 0 Å². The third-order valence-electron chi connectivity index (χ3n) is 4.91. The highest BCUT2D eigenvalue weighted by Gasteiger charge is 2.21. The molecule has 0 atom stereocenters. The maximum absolute atomic E-state index is 12.5. The van der Waals surface area contributed by atoms with Crippen molar-refractivity contribution in [3.8, 4) is 11.5 Å². The molecule has 2 aromatic rings. The predicted molar refractivity (Wildman–Crippen MR) is 108 cm³/mol. The van der Waals surface area contributed by atoms with Crippen molar-refractivity contribution < 1.29 is 14.3 Å². The summed E-state index contributed by atoms with van der Waals surface area (Å²) in [5.74, 6) is 1.64. The molecular weight excluding hydrogens is 364 g/mol. The fourth-order valence-corrected chi connectivity index (χ4v) is 3.42. The van der Waals surface area contributed by atoms with E-state index in [1.54, 1.807) is 14.2 Å². The average Bonchev–Trinajstić information content (AvgIpc) is 2.72. The van der Waals surface area contributed by atoms with E-state index in [0.717, 1.165) is 60.4 Å². The lowest BCUT2D eigenvalue weighted by Crippen LogP contribution is -2.48. The van der Waals surface area contributed by atoms with Crippen LogP contribution in [0, 0.1) is 0 Å². The Morgan fingerprint density at radius 2 is 1.63 bits per heavy atom. The molecule has 0 bridgehead atoms. The number of aryl methyl sites for hydroxylation is 1. The van der Waals surface area contributed by atoms with Crippen LogP contribution in [-0.4, -0.2) is 51.2 Å². The number of ether oxygens (including phenoxy) is 2. The molecule has 1 amide bonds. The van der Waals surface area contributed by atoms with Crippen LogP contribution >= 0.6 is 11.6 Å². The van der Waals surface area contributed by atoms with Crippen LogP contribution in [0.3, 0.4) is 0 Å². The quantitative estimate of drug-likeness (QED) is 0.757. The number of rotatable bonds is 6. The fraction of sp³-hybridized carbons (Fsp3) is 0.381. The molecule has 2 aromatic carbocycles. The number of hydrogen-bond donors (Lipinski definition) is 0. The van der Waals surface area contributed by atoms with Crippen LogP contribution in [0.15, 0.2) is 42.5 Å². The molecule has 1 saturated heterocycles. The van der Waals surface area contributed by atoms with E-state index >= 15 is 0 Å². The zero-order chi connectivity index (χ0) is 19.2. The summed E-state index contributed by atoms with van der Waals surface area (Å²) >= 11 is 5.90. The van der Waals surface area contributed by atoms with Crippen LogP contribution in [0.25, 0.3) is 0 Å². The zero-order valence-electron chi connectivity index (χ0n) is 15.8. The Bertz CT molecular complexity index is 771. The van der Waals surface area contributed by atoms with Crippen LogP contribution in [-0.2, 0) is 11.2 Å². The molecule has 0 N–H and O–H groups in total. The van der Waals surface area contributed by atoms with Gasteiger partial charge in [0.2, 0.25) is 5.91 Å². The lowest BCUT2D eigenvalue weighted by molar-refractivity contribution is -0.131. The molecule has 1 fully saturated rings. The van der Waals surface area contributed by atoms with Gasteiger partial charge in [-0.3, -0.25) is 4.79 Å². The van der Waals surface area contributed by atoms with Crippen LogP contribution in [0.4, 0.5) is 5.69 Å². The van der Waals surface area contributed by atoms with E-state index in [-0.39, 0.29) is 5.91 Å². The molecule has 0 aromatic heterocycles. The van der Waals surface area contributed by atoms with Crippen molar-refractivity contribution in [3.05, 3.63) is 53.1 Å². The van der Waals surface area contributed by atoms with Crippen molar-refractivity contribution in [2.45, 2.75) is 12.8 Å². The molecule has 0 saturated carbocycles. The number of amides is 1. The second-order valence-corrected chi connectivity index (χ2v) is 6.97. The molecule has 27 heavy (non-hydrogen) atoms. The molecule has 6 heteroatoms. The van der Waals surface area contributed by atoms with Gasteiger partial charge in [-0.1, -0.05) is 23.7 Å². The minimum atomic E-state index is 0.205. The van der Waals surface area contributed by atoms with Crippen molar-refractivity contribution in [3.63, 3.8) is 0 Å². The third-order valence-corrected chi connectivity index (χ3v) is 5.16. The van der Waals surface area contributed by atoms with E-state index in [0.29, 0.717) is 6.42 Å². The number of nitrogens with zero attached hydrogens (tertiary/aromatic N) is 2. The number of anilines is 1. The van der Waals surface area contributed by atoms with Gasteiger partial charge in [0, 0.05) is 49.4 Å². The number of halogens is 1. The topological polar surface area (TPSA) is 42.0 Å². The normalized spacial score (nSPS) is 14.2. The van der Waals surface area contributed by atoms with Gasteiger partial charge >= 0.3 is 0 Å². The Labute approximate surface area is 165 Å². The van der Waals surface area contributed by atoms with Crippen LogP contribution in [0.1, 0.15) is 12.0 Å². The van der Waals surface area contributed by atoms with Gasteiger partial charge in [0.05, 0.1) is 14.2 Å². The summed E-state index contributed by atoms with van der Waals surface area (Å²) in [6.07, 6.45) is 1.27. The van der Waals surface area contributed by atoms with E-state index in [2.05, 4.69) is 4.90 Å². The molecule has 1 heterocycles. The van der Waals surface area contributed by atoms with Crippen LogP contribution < -0.4 is 14.4 Å². The first-order chi connectivity index (χ1) is 13.1. The molecule has 0 radical (unpaired) electrons. The van der Waals surface area contributed by atoms with Crippen molar-refractivity contribution in [2.75, 3.05) is 45.3 Å². The number of benzene rings is 2. The van der Waals surface area contributed by atoms with Crippen molar-refractivity contribution in [1.82, 2.24) is 4.90 Å². The zero-order valence-corrected chi connectivity index (χ0v) is 16.5. The first kappa shape index (κ1) is 19.4. The Morgan fingerprint density at radius 1 is 0.963 bits per heavy atom. The third kappa shape index (κ3) is 4.86. The maximum atomic E-state index is 12.5. The smallest absolute Gasteiger partial charge is 0.223 e. The summed E-state index contributed by atoms with van der Waals surface area (Å²) in [4.78, 5) is 16.7. The summed E-state index contributed by atoms with van der Waals surface area (Å²) in [7, 11) is 3.27. The standard InChI is InChI=1S/C21H25ClN2O3/c1-26-19-9-8-18(15-20(19)27-2)23-11-13-24(14-12-23)21(25)10-5-16-3-6-17(22)7-4-16/h3-4,6-9,15H,5,10-14H2,1-2H3. The molecule has 1 aliphatic rings. The predicted octanol–water partition coefficient (Wildman–Crippen LogP) is 3.64. The second-order valence-electron chi connectivity index (χ2n) is 6.53. The van der Waals surface area contributed by atoms with Gasteiger partial charge in [-0.05, 0) is 36.2 Å². The molecular formula is C21H25ClN2O3. The SMILES string of the molecule is COc1ccc(N2CCN(C(=O)CCc3ccc(Cl)cc3)CC2)cc1OC. The van der Waals surface area contributed by atoms with Gasteiger partial charge < -0.3 is 19.3 Å². The number of carbonyl (C=O) groups excluding carboxylic acids is 1. The van der Waals surface area contributed by atoms with Gasteiger partial charge in [0.1, 0.15) is 0 Å². The summed E-state index contributed by atoms with van der Waals surface area (Å²) in [6, 6.07) is 13.6. The molecule has 0 unspecified atom stereocenters. The first-order valence-electron chi connectivity index (χ1n) is 9.10. The lowest BCUT2D eigenvalue weighted by Gasteiger charge is -2.36. The van der Waals surface area contributed by atoms with Gasteiger partial charge in [-0.2, -0.15) is 0 Å². The highest BCUT2D eigenvalue weighted by Crippen LogP contribution is 2.31. The van der Waals surface area contributed by atoms with Gasteiger partial charge in [-0.25, -0.2) is 0 Å². The summed E-state index contributed by atoms with van der Waals surface area (Å²) in [5.41, 5.74) is 2.22. The number of piperazine rings is 1. The Balaban J connectivity index is 1.52. The Kier molecular flexibility index (Phi) is 6.45. The molecule has 144 valence electrons. The van der Waals surface area contributed by atoms with E-state index < -0.39 is 0 Å². The molecule has 0 spiro atoms. The minimum absolute atomic E-state index is 0.205. The van der Waals surface area contributed by atoms with E-state index in [4.69, 9.17) is 21.1 Å². The Hall–Kier alpha value is -2.40. The summed E-state index contributed by atoms with van der Waals surface area (Å²) in [5, 5.41) is 0.719. The average molecular weight is 389 g/mol. The largest absolute Gasteiger partial charge is 0.493 e. The lowest BCUT2D eigenvalue weighted by atomic mass is 10.1. The number of methoxy groups -OCH3 is 2. The highest BCUT2D eigenvalue weighted by molar-refractivity contribution is 6.30. The van der Waals surface area contributed by atoms with E-state index in [1.165, 1.54) is 0 Å². The molecule has 3 rings (SSSR count). The number of hydrogen-bond acceptors (Lipinski definition) is 4. The van der Waals surface area contributed by atoms with Gasteiger partial charge in [0.15, 0.2) is 11.5 Å². The highest BCUT2D eigenvalue weighted by atomic mass is 35.5. The van der Waals surface area contributed by atoms with Gasteiger partial charge in [-0.15, -0.1) is 0 Å². The molecule has 0 aliphatic carbocycles. The van der Waals surface area contributed by atoms with Gasteiger partial charge in [0.25, 0.3) is 0 Å². The second kappa shape index (κ2) is 9.00. The van der Waals surface area contributed by atoms with Crippen LogP contribution in [0.2, 0.25) is 5.02 Å². The van der Waals surface area contributed by atoms with E-state index in [1.807, 2.05) is 47.4 Å². The van der Waals surface area contributed by atoms with Crippen LogP contribution in [0.5, 0.6) is 11.5 Å².